The second-order valence-electron chi connectivity index (χ2n) is 6.74. The van der Waals surface area contributed by atoms with Crippen molar-refractivity contribution in [2.75, 3.05) is 38.6 Å². The Morgan fingerprint density at radius 3 is 2.32 bits per heavy atom. The lowest BCUT2D eigenvalue weighted by molar-refractivity contribution is -0.121. The van der Waals surface area contributed by atoms with Gasteiger partial charge in [-0.1, -0.05) is 12.1 Å². The van der Waals surface area contributed by atoms with E-state index in [-0.39, 0.29) is 23.6 Å². The summed E-state index contributed by atoms with van der Waals surface area (Å²) >= 11 is 0. The lowest BCUT2D eigenvalue weighted by Gasteiger charge is -2.37. The van der Waals surface area contributed by atoms with Gasteiger partial charge in [0.2, 0.25) is 5.91 Å². The van der Waals surface area contributed by atoms with Crippen molar-refractivity contribution in [2.24, 2.45) is 0 Å². The molecule has 7 heteroatoms. The summed E-state index contributed by atoms with van der Waals surface area (Å²) in [5.74, 6) is 0.581. The molecule has 0 spiro atoms. The maximum absolute atomic E-state index is 12.6. The van der Waals surface area contributed by atoms with Crippen molar-refractivity contribution in [1.82, 2.24) is 9.80 Å². The molecule has 0 unspecified atom stereocenters. The summed E-state index contributed by atoms with van der Waals surface area (Å²) in [5.41, 5.74) is 1.19. The van der Waals surface area contributed by atoms with E-state index in [2.05, 4.69) is 10.2 Å². The molecule has 1 fully saturated rings. The van der Waals surface area contributed by atoms with Crippen LogP contribution in [0.3, 0.4) is 0 Å². The monoisotopic (exact) mass is 383 g/mol. The number of amides is 2. The lowest BCUT2D eigenvalue weighted by atomic mass is 10.1. The Kier molecular flexibility index (Phi) is 6.16. The standard InChI is InChI=1S/C21H25N3O4/c1-15(20(26)22-18-5-3-4-6-19(18)28-2)23-11-13-24(14-12-23)21(27)16-7-9-17(25)10-8-16/h3-10,15,25H,11-14H2,1-2H3,(H,22,26)/t15-/m1/s1. The molecular formula is C21H25N3O4. The first-order chi connectivity index (χ1) is 13.5. The van der Waals surface area contributed by atoms with Crippen LogP contribution in [0.1, 0.15) is 17.3 Å². The first-order valence-electron chi connectivity index (χ1n) is 9.26. The molecule has 0 saturated carbocycles. The Balaban J connectivity index is 1.55. The fourth-order valence-electron chi connectivity index (χ4n) is 3.25. The van der Waals surface area contributed by atoms with E-state index in [1.807, 2.05) is 19.1 Å². The van der Waals surface area contributed by atoms with Crippen molar-refractivity contribution < 1.29 is 19.4 Å². The number of anilines is 1. The molecule has 0 aliphatic carbocycles. The van der Waals surface area contributed by atoms with Crippen molar-refractivity contribution in [3.63, 3.8) is 0 Å². The number of nitrogens with one attached hydrogen (secondary N) is 1. The molecule has 7 nitrogen and oxygen atoms in total. The number of carbonyl (C=O) groups is 2. The van der Waals surface area contributed by atoms with E-state index in [0.717, 1.165) is 0 Å². The smallest absolute Gasteiger partial charge is 0.253 e. The summed E-state index contributed by atoms with van der Waals surface area (Å²) in [7, 11) is 1.57. The Morgan fingerprint density at radius 2 is 1.68 bits per heavy atom. The topological polar surface area (TPSA) is 82.1 Å². The van der Waals surface area contributed by atoms with E-state index in [9.17, 15) is 14.7 Å². The molecule has 1 aliphatic heterocycles. The average Bonchev–Trinajstić information content (AvgIpc) is 2.73. The second-order valence-corrected chi connectivity index (χ2v) is 6.74. The minimum Gasteiger partial charge on any atom is -0.508 e. The van der Waals surface area contributed by atoms with E-state index >= 15 is 0 Å². The summed E-state index contributed by atoms with van der Waals surface area (Å²) in [6.07, 6.45) is 0. The number of phenolic OH excluding ortho intramolecular Hbond substituents is 1. The quantitative estimate of drug-likeness (QED) is 0.827. The minimum atomic E-state index is -0.323. The second kappa shape index (κ2) is 8.75. The van der Waals surface area contributed by atoms with Gasteiger partial charge in [0.25, 0.3) is 5.91 Å². The third kappa shape index (κ3) is 4.43. The zero-order valence-corrected chi connectivity index (χ0v) is 16.1. The third-order valence-corrected chi connectivity index (χ3v) is 5.01. The van der Waals surface area contributed by atoms with Crippen LogP contribution < -0.4 is 10.1 Å². The maximum atomic E-state index is 12.6. The maximum Gasteiger partial charge on any atom is 0.253 e. The summed E-state index contributed by atoms with van der Waals surface area (Å²) in [5, 5.41) is 12.3. The van der Waals surface area contributed by atoms with Gasteiger partial charge in [-0.15, -0.1) is 0 Å². The van der Waals surface area contributed by atoms with Crippen LogP contribution >= 0.6 is 0 Å². The van der Waals surface area contributed by atoms with E-state index < -0.39 is 0 Å². The van der Waals surface area contributed by atoms with Crippen molar-refractivity contribution >= 4 is 17.5 Å². The molecule has 3 rings (SSSR count). The van der Waals surface area contributed by atoms with Gasteiger partial charge in [-0.25, -0.2) is 0 Å². The van der Waals surface area contributed by atoms with Crippen LogP contribution in [0.15, 0.2) is 48.5 Å². The molecule has 0 aromatic heterocycles. The Labute approximate surface area is 164 Å². The Morgan fingerprint density at radius 1 is 1.04 bits per heavy atom. The molecule has 1 saturated heterocycles. The number of nitrogens with zero attached hydrogens (tertiary/aromatic N) is 2. The van der Waals surface area contributed by atoms with Crippen LogP contribution in [0.25, 0.3) is 0 Å². The number of hydrogen-bond acceptors (Lipinski definition) is 5. The Bertz CT molecular complexity index is 830. The number of rotatable bonds is 5. The largest absolute Gasteiger partial charge is 0.508 e. The number of piperazine rings is 1. The molecule has 2 amide bonds. The highest BCUT2D eigenvalue weighted by Crippen LogP contribution is 2.23. The van der Waals surface area contributed by atoms with Gasteiger partial charge >= 0.3 is 0 Å². The molecule has 0 radical (unpaired) electrons. The van der Waals surface area contributed by atoms with Gasteiger partial charge in [-0.05, 0) is 43.3 Å². The van der Waals surface area contributed by atoms with E-state index in [1.165, 1.54) is 12.1 Å². The van der Waals surface area contributed by atoms with E-state index in [0.29, 0.717) is 43.2 Å². The van der Waals surface area contributed by atoms with Gasteiger partial charge in [-0.2, -0.15) is 0 Å². The number of phenols is 1. The van der Waals surface area contributed by atoms with Crippen LogP contribution in [-0.2, 0) is 4.79 Å². The van der Waals surface area contributed by atoms with Gasteiger partial charge in [0.15, 0.2) is 0 Å². The fourth-order valence-corrected chi connectivity index (χ4v) is 3.25. The Hall–Kier alpha value is -3.06. The van der Waals surface area contributed by atoms with Gasteiger partial charge in [0.05, 0.1) is 18.8 Å². The van der Waals surface area contributed by atoms with Crippen LogP contribution in [-0.4, -0.2) is 66.1 Å². The summed E-state index contributed by atoms with van der Waals surface area (Å²) < 4.78 is 5.27. The first kappa shape index (κ1) is 19.7. The highest BCUT2D eigenvalue weighted by Gasteiger charge is 2.28. The number of carbonyl (C=O) groups excluding carboxylic acids is 2. The van der Waals surface area contributed by atoms with Crippen molar-refractivity contribution in [1.29, 1.82) is 0 Å². The minimum absolute atomic E-state index is 0.0641. The van der Waals surface area contributed by atoms with E-state index in [4.69, 9.17) is 4.74 Å². The number of aromatic hydroxyl groups is 1. The molecular weight excluding hydrogens is 358 g/mol. The molecule has 0 bridgehead atoms. The summed E-state index contributed by atoms with van der Waals surface area (Å²) in [6, 6.07) is 13.2. The van der Waals surface area contributed by atoms with Crippen LogP contribution in [0.2, 0.25) is 0 Å². The number of ether oxygens (including phenoxy) is 1. The van der Waals surface area contributed by atoms with E-state index in [1.54, 1.807) is 36.3 Å². The third-order valence-electron chi connectivity index (χ3n) is 5.01. The lowest BCUT2D eigenvalue weighted by Crippen LogP contribution is -2.54. The molecule has 2 N–H and O–H groups in total. The van der Waals surface area contributed by atoms with Crippen molar-refractivity contribution in [3.05, 3.63) is 54.1 Å². The molecule has 2 aromatic rings. The molecule has 28 heavy (non-hydrogen) atoms. The SMILES string of the molecule is COc1ccccc1NC(=O)[C@@H](C)N1CCN(C(=O)c2ccc(O)cc2)CC1. The van der Waals surface area contributed by atoms with Crippen LogP contribution in [0.4, 0.5) is 5.69 Å². The molecule has 1 aliphatic rings. The van der Waals surface area contributed by atoms with Gasteiger partial charge < -0.3 is 20.1 Å². The van der Waals surface area contributed by atoms with Crippen molar-refractivity contribution in [2.45, 2.75) is 13.0 Å². The number of methoxy groups -OCH3 is 1. The summed E-state index contributed by atoms with van der Waals surface area (Å²) in [6.45, 7) is 4.19. The predicted molar refractivity (Wildman–Crippen MR) is 107 cm³/mol. The fraction of sp³-hybridized carbons (Fsp3) is 0.333. The van der Waals surface area contributed by atoms with Gasteiger partial charge in [0.1, 0.15) is 11.5 Å². The highest BCUT2D eigenvalue weighted by molar-refractivity contribution is 5.96. The number of hydrogen-bond donors (Lipinski definition) is 2. The first-order valence-corrected chi connectivity index (χ1v) is 9.26. The van der Waals surface area contributed by atoms with Crippen LogP contribution in [0, 0.1) is 0 Å². The van der Waals surface area contributed by atoms with Gasteiger partial charge in [0, 0.05) is 31.7 Å². The molecule has 148 valence electrons. The molecule has 1 atom stereocenters. The van der Waals surface area contributed by atoms with Crippen molar-refractivity contribution in [3.8, 4) is 11.5 Å². The number of benzene rings is 2. The molecule has 2 aromatic carbocycles. The molecule has 1 heterocycles. The van der Waals surface area contributed by atoms with Gasteiger partial charge in [-0.3, -0.25) is 14.5 Å². The summed E-state index contributed by atoms with van der Waals surface area (Å²) in [4.78, 5) is 29.0. The number of para-hydroxylation sites is 2. The highest BCUT2D eigenvalue weighted by atomic mass is 16.5. The predicted octanol–water partition coefficient (Wildman–Crippen LogP) is 2.19. The average molecular weight is 383 g/mol. The normalized spacial score (nSPS) is 15.7. The zero-order valence-electron chi connectivity index (χ0n) is 16.1. The van der Waals surface area contributed by atoms with Crippen LogP contribution in [0.5, 0.6) is 11.5 Å². The zero-order chi connectivity index (χ0) is 20.1.